The maximum Gasteiger partial charge on any atom is 0.338 e. The van der Waals surface area contributed by atoms with Crippen LogP contribution in [0.15, 0.2) is 78.9 Å². The molecule has 0 bridgehead atoms. The fourth-order valence-corrected chi connectivity index (χ4v) is 3.20. The topological polar surface area (TPSA) is 75.6 Å². The molecule has 0 radical (unpaired) electrons. The predicted molar refractivity (Wildman–Crippen MR) is 116 cm³/mol. The molecular formula is C25H25NO4. The Kier molecular flexibility index (Phi) is 7.22. The first kappa shape index (κ1) is 21.1. The molecule has 3 aromatic rings. The van der Waals surface area contributed by atoms with Crippen molar-refractivity contribution in [1.29, 1.82) is 0 Å². The minimum absolute atomic E-state index is 0.105. The zero-order valence-corrected chi connectivity index (χ0v) is 16.9. The number of hydrogen-bond acceptors (Lipinski definition) is 4. The second-order valence-electron chi connectivity index (χ2n) is 7.02. The molecule has 0 heterocycles. The largest absolute Gasteiger partial charge is 0.508 e. The van der Waals surface area contributed by atoms with Crippen molar-refractivity contribution in [3.8, 4) is 16.9 Å². The van der Waals surface area contributed by atoms with Crippen molar-refractivity contribution in [2.45, 2.75) is 25.8 Å². The van der Waals surface area contributed by atoms with Crippen LogP contribution in [0.4, 0.5) is 0 Å². The van der Waals surface area contributed by atoms with Crippen LogP contribution in [0.2, 0.25) is 0 Å². The molecule has 0 saturated carbocycles. The van der Waals surface area contributed by atoms with E-state index < -0.39 is 5.97 Å². The third-order valence-electron chi connectivity index (χ3n) is 4.77. The van der Waals surface area contributed by atoms with E-state index in [4.69, 9.17) is 4.74 Å². The second kappa shape index (κ2) is 10.3. The van der Waals surface area contributed by atoms with E-state index >= 15 is 0 Å². The highest BCUT2D eigenvalue weighted by Gasteiger charge is 2.16. The number of esters is 1. The van der Waals surface area contributed by atoms with Crippen molar-refractivity contribution in [1.82, 2.24) is 5.32 Å². The number of carbonyl (C=O) groups is 2. The van der Waals surface area contributed by atoms with Crippen molar-refractivity contribution >= 4 is 11.9 Å². The Bertz CT molecular complexity index is 966. The maximum atomic E-state index is 12.3. The standard InChI is InChI=1S/C25H25NO4/c1-2-6-23(20-7-4-3-5-8-20)26-24(28)17-30-25(29)21-11-9-18(10-12-21)19-13-15-22(27)16-14-19/h3-5,7-16,23,27H,2,6,17H2,1H3,(H,26,28)/t23-/m0/s1. The minimum Gasteiger partial charge on any atom is -0.508 e. The number of hydrogen-bond donors (Lipinski definition) is 2. The number of carbonyl (C=O) groups excluding carboxylic acids is 2. The molecule has 0 aliphatic rings. The summed E-state index contributed by atoms with van der Waals surface area (Å²) in [4.78, 5) is 24.6. The molecular weight excluding hydrogens is 378 g/mol. The number of benzene rings is 3. The summed E-state index contributed by atoms with van der Waals surface area (Å²) in [5, 5.41) is 12.3. The van der Waals surface area contributed by atoms with E-state index in [1.165, 1.54) is 0 Å². The summed E-state index contributed by atoms with van der Waals surface area (Å²) in [6, 6.07) is 23.4. The summed E-state index contributed by atoms with van der Waals surface area (Å²) in [6.45, 7) is 1.73. The number of rotatable bonds is 8. The Morgan fingerprint density at radius 2 is 1.50 bits per heavy atom. The monoisotopic (exact) mass is 403 g/mol. The van der Waals surface area contributed by atoms with E-state index in [9.17, 15) is 14.7 Å². The van der Waals surface area contributed by atoms with Gasteiger partial charge in [-0.25, -0.2) is 4.79 Å². The van der Waals surface area contributed by atoms with Crippen LogP contribution in [0.25, 0.3) is 11.1 Å². The highest BCUT2D eigenvalue weighted by molar-refractivity contribution is 5.92. The molecule has 0 fully saturated rings. The lowest BCUT2D eigenvalue weighted by Gasteiger charge is -2.18. The zero-order chi connectivity index (χ0) is 21.3. The highest BCUT2D eigenvalue weighted by atomic mass is 16.5. The van der Waals surface area contributed by atoms with Crippen LogP contribution in [0.3, 0.4) is 0 Å². The van der Waals surface area contributed by atoms with Crippen LogP contribution in [0.1, 0.15) is 41.7 Å². The molecule has 0 unspecified atom stereocenters. The summed E-state index contributed by atoms with van der Waals surface area (Å²) in [5.74, 6) is -0.675. The number of phenolic OH excluding ortho intramolecular Hbond substituents is 1. The van der Waals surface area contributed by atoms with Crippen LogP contribution < -0.4 is 5.32 Å². The quantitative estimate of drug-likeness (QED) is 0.526. The Hall–Kier alpha value is -3.60. The Morgan fingerprint density at radius 3 is 2.10 bits per heavy atom. The van der Waals surface area contributed by atoms with Gasteiger partial charge in [0.15, 0.2) is 6.61 Å². The summed E-state index contributed by atoms with van der Waals surface area (Å²) in [6.07, 6.45) is 1.73. The normalized spacial score (nSPS) is 11.5. The van der Waals surface area contributed by atoms with Gasteiger partial charge in [-0.15, -0.1) is 0 Å². The zero-order valence-electron chi connectivity index (χ0n) is 16.9. The van der Waals surface area contributed by atoms with Gasteiger partial charge in [0.2, 0.25) is 0 Å². The van der Waals surface area contributed by atoms with Gasteiger partial charge in [0.05, 0.1) is 11.6 Å². The Labute approximate surface area is 176 Å². The third-order valence-corrected chi connectivity index (χ3v) is 4.77. The van der Waals surface area contributed by atoms with E-state index in [-0.39, 0.29) is 24.3 Å². The van der Waals surface area contributed by atoms with Crippen LogP contribution >= 0.6 is 0 Å². The Morgan fingerprint density at radius 1 is 0.900 bits per heavy atom. The molecule has 3 rings (SSSR count). The van der Waals surface area contributed by atoms with E-state index in [0.29, 0.717) is 5.56 Å². The first-order valence-corrected chi connectivity index (χ1v) is 9.97. The van der Waals surface area contributed by atoms with Crippen LogP contribution in [0.5, 0.6) is 5.75 Å². The van der Waals surface area contributed by atoms with Gasteiger partial charge in [0, 0.05) is 0 Å². The lowest BCUT2D eigenvalue weighted by Crippen LogP contribution is -2.32. The van der Waals surface area contributed by atoms with Gasteiger partial charge < -0.3 is 15.2 Å². The molecule has 5 heteroatoms. The molecule has 3 aromatic carbocycles. The molecule has 1 atom stereocenters. The molecule has 1 amide bonds. The first-order chi connectivity index (χ1) is 14.6. The van der Waals surface area contributed by atoms with Gasteiger partial charge >= 0.3 is 5.97 Å². The summed E-state index contributed by atoms with van der Waals surface area (Å²) in [5.41, 5.74) is 3.24. The maximum absolute atomic E-state index is 12.3. The van der Waals surface area contributed by atoms with Gasteiger partial charge in [-0.2, -0.15) is 0 Å². The number of aromatic hydroxyl groups is 1. The summed E-state index contributed by atoms with van der Waals surface area (Å²) in [7, 11) is 0. The summed E-state index contributed by atoms with van der Waals surface area (Å²) < 4.78 is 5.18. The lowest BCUT2D eigenvalue weighted by atomic mass is 10.0. The van der Waals surface area contributed by atoms with Crippen molar-refractivity contribution in [2.24, 2.45) is 0 Å². The van der Waals surface area contributed by atoms with E-state index in [1.807, 2.05) is 30.3 Å². The van der Waals surface area contributed by atoms with Crippen LogP contribution in [-0.4, -0.2) is 23.6 Å². The van der Waals surface area contributed by atoms with Crippen molar-refractivity contribution in [3.63, 3.8) is 0 Å². The lowest BCUT2D eigenvalue weighted by molar-refractivity contribution is -0.125. The molecule has 2 N–H and O–H groups in total. The van der Waals surface area contributed by atoms with Gasteiger partial charge in [-0.1, -0.05) is 67.9 Å². The fraction of sp³-hybridized carbons (Fsp3) is 0.200. The van der Waals surface area contributed by atoms with Crippen LogP contribution in [0, 0.1) is 0 Å². The van der Waals surface area contributed by atoms with Gasteiger partial charge in [-0.3, -0.25) is 4.79 Å². The number of amides is 1. The van der Waals surface area contributed by atoms with E-state index in [0.717, 1.165) is 29.5 Å². The Balaban J connectivity index is 1.55. The summed E-state index contributed by atoms with van der Waals surface area (Å²) >= 11 is 0. The van der Waals surface area contributed by atoms with Crippen LogP contribution in [-0.2, 0) is 9.53 Å². The molecule has 30 heavy (non-hydrogen) atoms. The smallest absolute Gasteiger partial charge is 0.338 e. The van der Waals surface area contributed by atoms with Gasteiger partial charge in [0.25, 0.3) is 5.91 Å². The number of nitrogens with one attached hydrogen (secondary N) is 1. The molecule has 0 aliphatic carbocycles. The molecule has 0 saturated heterocycles. The molecule has 5 nitrogen and oxygen atoms in total. The first-order valence-electron chi connectivity index (χ1n) is 9.97. The number of ether oxygens (including phenoxy) is 1. The molecule has 154 valence electrons. The van der Waals surface area contributed by atoms with Gasteiger partial charge in [-0.05, 0) is 47.4 Å². The SMILES string of the molecule is CCC[C@H](NC(=O)COC(=O)c1ccc(-c2ccc(O)cc2)cc1)c1ccccc1. The second-order valence-corrected chi connectivity index (χ2v) is 7.02. The molecule has 0 aromatic heterocycles. The van der Waals surface area contributed by atoms with E-state index in [1.54, 1.807) is 48.5 Å². The van der Waals surface area contributed by atoms with Crippen molar-refractivity contribution in [3.05, 3.63) is 90.0 Å². The third kappa shape index (κ3) is 5.70. The molecule has 0 aliphatic heterocycles. The highest BCUT2D eigenvalue weighted by Crippen LogP contribution is 2.22. The van der Waals surface area contributed by atoms with E-state index in [2.05, 4.69) is 12.2 Å². The van der Waals surface area contributed by atoms with Gasteiger partial charge in [0.1, 0.15) is 5.75 Å². The minimum atomic E-state index is -0.547. The fourth-order valence-electron chi connectivity index (χ4n) is 3.20. The van der Waals surface area contributed by atoms with Crippen molar-refractivity contribution < 1.29 is 19.4 Å². The van der Waals surface area contributed by atoms with Crippen molar-refractivity contribution in [2.75, 3.05) is 6.61 Å². The molecule has 0 spiro atoms. The average Bonchev–Trinajstić information content (AvgIpc) is 2.78. The average molecular weight is 403 g/mol. The number of phenols is 1. The predicted octanol–water partition coefficient (Wildman–Crippen LogP) is 4.87.